The smallest absolute Gasteiger partial charge is 0.258 e. The van der Waals surface area contributed by atoms with Gasteiger partial charge in [0, 0.05) is 11.4 Å². The lowest BCUT2D eigenvalue weighted by molar-refractivity contribution is -0.127. The van der Waals surface area contributed by atoms with Crippen molar-refractivity contribution < 1.29 is 45.1 Å². The Balaban J connectivity index is 1.45. The normalized spacial score (nSPS) is 13.1. The van der Waals surface area contributed by atoms with Gasteiger partial charge in [-0.2, -0.15) is 20.5 Å². The Morgan fingerprint density at radius 2 is 0.904 bits per heavy atom. The third kappa shape index (κ3) is 10.4. The first-order chi connectivity index (χ1) is 24.3. The fraction of sp³-hybridized carbons (Fsp3) is 0.125. The molecule has 52 heavy (non-hydrogen) atoms. The molecule has 4 rings (SSSR count). The predicted octanol–water partition coefficient (Wildman–Crippen LogP) is 5.83. The molecule has 0 aromatic heterocycles. The number of hydrogen-bond donors (Lipinski definition) is 2. The van der Waals surface area contributed by atoms with Crippen molar-refractivity contribution in [3.63, 3.8) is 0 Å². The summed E-state index contributed by atoms with van der Waals surface area (Å²) < 4.78 is 66.7. The minimum atomic E-state index is -4.69. The minimum absolute atomic E-state index is 0.0952. The number of nitrogens with zero attached hydrogens (tertiary/aromatic N) is 4. The van der Waals surface area contributed by atoms with Crippen LogP contribution in [0.3, 0.4) is 0 Å². The average Bonchev–Trinajstić information content (AvgIpc) is 3.05. The van der Waals surface area contributed by atoms with E-state index in [4.69, 9.17) is 23.2 Å². The highest BCUT2D eigenvalue weighted by Gasteiger charge is 2.25. The fourth-order valence-corrected chi connectivity index (χ4v) is 5.62. The molecule has 0 bridgehead atoms. The van der Waals surface area contributed by atoms with Gasteiger partial charge >= 0.3 is 0 Å². The van der Waals surface area contributed by atoms with E-state index in [2.05, 4.69) is 31.1 Å². The molecule has 0 aliphatic heterocycles. The van der Waals surface area contributed by atoms with Crippen LogP contribution >= 0.6 is 23.2 Å². The molecular weight excluding hydrogens is 763 g/mol. The van der Waals surface area contributed by atoms with Gasteiger partial charge in [0.1, 0.15) is 31.6 Å². The van der Waals surface area contributed by atoms with Gasteiger partial charge in [0.05, 0.1) is 19.8 Å². The maximum Gasteiger partial charge on any atom is 0.258 e. The van der Waals surface area contributed by atoms with Gasteiger partial charge in [0.25, 0.3) is 11.8 Å². The Hall–Kier alpha value is -5.24. The van der Waals surface area contributed by atoms with Gasteiger partial charge in [-0.1, -0.05) is 35.3 Å². The standard InChI is InChI=1S/C32H26Cl2N6O10S2/c1-17(41)29(31(43)35-21-5-9-23(10-6-21)51(45,46)47)39-37-27-13-3-19(15-25(27)33)20-4-14-28(26(34)16-20)38-40-30(18(2)42)32(44)36-22-7-11-24(12-8-22)52(48,49)50/h3-16,29-30H,1-2H3,(H,35,43)(H,36,44)(H,45,46,47)(H,48,49,50)/p-2. The number of carbonyl (C=O) groups excluding carboxylic acids is 4. The molecule has 0 saturated carbocycles. The van der Waals surface area contributed by atoms with Crippen molar-refractivity contribution in [2.75, 3.05) is 10.6 Å². The van der Waals surface area contributed by atoms with Crippen molar-refractivity contribution in [1.29, 1.82) is 0 Å². The first-order valence-electron chi connectivity index (χ1n) is 14.5. The van der Waals surface area contributed by atoms with E-state index in [-0.39, 0.29) is 32.8 Å². The second-order valence-corrected chi connectivity index (χ2v) is 14.3. The number of azo groups is 2. The molecule has 0 aliphatic rings. The highest BCUT2D eigenvalue weighted by atomic mass is 35.5. The van der Waals surface area contributed by atoms with E-state index in [0.29, 0.717) is 11.1 Å². The maximum absolute atomic E-state index is 12.7. The van der Waals surface area contributed by atoms with Crippen molar-refractivity contribution in [3.8, 4) is 11.1 Å². The molecule has 270 valence electrons. The van der Waals surface area contributed by atoms with Crippen LogP contribution in [0.25, 0.3) is 11.1 Å². The van der Waals surface area contributed by atoms with E-state index in [1.54, 1.807) is 12.1 Å². The second kappa shape index (κ2) is 16.4. The van der Waals surface area contributed by atoms with Crippen molar-refractivity contribution in [2.24, 2.45) is 20.5 Å². The van der Waals surface area contributed by atoms with Gasteiger partial charge < -0.3 is 19.7 Å². The highest BCUT2D eigenvalue weighted by molar-refractivity contribution is 7.86. The molecule has 2 unspecified atom stereocenters. The topological polar surface area (TPSA) is 256 Å². The number of nitrogens with one attached hydrogen (secondary N) is 2. The van der Waals surface area contributed by atoms with Gasteiger partial charge in [-0.15, -0.1) is 0 Å². The molecule has 4 aromatic carbocycles. The number of benzene rings is 4. The van der Waals surface area contributed by atoms with Crippen LogP contribution in [-0.4, -0.2) is 61.4 Å². The lowest BCUT2D eigenvalue weighted by atomic mass is 10.0. The summed E-state index contributed by atoms with van der Waals surface area (Å²) in [6, 6.07) is 14.8. The Kier molecular flexibility index (Phi) is 12.5. The van der Waals surface area contributed by atoms with Crippen LogP contribution in [0.4, 0.5) is 22.7 Å². The van der Waals surface area contributed by atoms with Crippen molar-refractivity contribution in [1.82, 2.24) is 0 Å². The van der Waals surface area contributed by atoms with Gasteiger partial charge in [-0.25, -0.2) is 16.8 Å². The van der Waals surface area contributed by atoms with Crippen molar-refractivity contribution in [2.45, 2.75) is 35.7 Å². The first kappa shape index (κ1) is 39.5. The Morgan fingerprint density at radius 3 is 1.17 bits per heavy atom. The summed E-state index contributed by atoms with van der Waals surface area (Å²) >= 11 is 12.8. The third-order valence-electron chi connectivity index (χ3n) is 6.88. The molecule has 2 atom stereocenters. The summed E-state index contributed by atoms with van der Waals surface area (Å²) in [5.41, 5.74) is 1.58. The second-order valence-electron chi connectivity index (χ2n) is 10.7. The molecule has 0 aliphatic carbocycles. The minimum Gasteiger partial charge on any atom is -0.744 e. The summed E-state index contributed by atoms with van der Waals surface area (Å²) in [5, 5.41) is 20.6. The monoisotopic (exact) mass is 786 g/mol. The Morgan fingerprint density at radius 1 is 0.577 bits per heavy atom. The molecule has 2 N–H and O–H groups in total. The van der Waals surface area contributed by atoms with Crippen molar-refractivity contribution in [3.05, 3.63) is 95.0 Å². The molecule has 2 amide bonds. The number of rotatable bonds is 13. The van der Waals surface area contributed by atoms with Gasteiger partial charge in [-0.3, -0.25) is 19.2 Å². The molecular formula is C32H24Cl2N6O10S2-2. The Bertz CT molecular complexity index is 2170. The predicted molar refractivity (Wildman–Crippen MR) is 186 cm³/mol. The zero-order valence-corrected chi connectivity index (χ0v) is 29.8. The number of halogens is 2. The largest absolute Gasteiger partial charge is 0.744 e. The van der Waals surface area contributed by atoms with Crippen LogP contribution in [0.5, 0.6) is 0 Å². The Labute approximate surface area is 306 Å². The average molecular weight is 788 g/mol. The van der Waals surface area contributed by atoms with Crippen LogP contribution in [0.15, 0.2) is 115 Å². The molecule has 16 nitrogen and oxygen atoms in total. The van der Waals surface area contributed by atoms with E-state index in [1.807, 2.05) is 0 Å². The SMILES string of the molecule is CC(=O)C(N=Nc1ccc(-c2ccc(N=NC(C(C)=O)C(=O)Nc3ccc(S(=O)(=O)[O-])cc3)c(Cl)c2)cc1Cl)C(=O)Nc1ccc(S(=O)(=O)[O-])cc1. The summed E-state index contributed by atoms with van der Waals surface area (Å²) in [6.45, 7) is 2.25. The maximum atomic E-state index is 12.7. The molecule has 0 spiro atoms. The first-order valence-corrected chi connectivity index (χ1v) is 18.1. The van der Waals surface area contributed by atoms with Crippen LogP contribution in [0.1, 0.15) is 13.8 Å². The molecule has 4 aromatic rings. The van der Waals surface area contributed by atoms with E-state index >= 15 is 0 Å². The summed E-state index contributed by atoms with van der Waals surface area (Å²) in [5.74, 6) is -3.04. The van der Waals surface area contributed by atoms with E-state index in [0.717, 1.165) is 38.1 Å². The van der Waals surface area contributed by atoms with Crippen molar-refractivity contribution >= 4 is 89.6 Å². The number of ketones is 2. The van der Waals surface area contributed by atoms with Crippen LogP contribution < -0.4 is 10.6 Å². The zero-order chi connectivity index (χ0) is 38.4. The van der Waals surface area contributed by atoms with Gasteiger partial charge in [0.15, 0.2) is 11.6 Å². The number of amides is 2. The molecule has 0 radical (unpaired) electrons. The lowest BCUT2D eigenvalue weighted by Gasteiger charge is -2.11. The number of Topliss-reactive ketones (excluding diaryl/α,β-unsaturated/α-hetero) is 2. The molecule has 0 heterocycles. The highest BCUT2D eigenvalue weighted by Crippen LogP contribution is 2.35. The summed E-state index contributed by atoms with van der Waals surface area (Å²) in [7, 11) is -9.37. The van der Waals surface area contributed by atoms with E-state index in [1.165, 1.54) is 48.5 Å². The fourth-order valence-electron chi connectivity index (χ4n) is 4.24. The summed E-state index contributed by atoms with van der Waals surface area (Å²) in [4.78, 5) is 48.8. The summed E-state index contributed by atoms with van der Waals surface area (Å²) in [6.07, 6.45) is 0. The third-order valence-corrected chi connectivity index (χ3v) is 9.18. The van der Waals surface area contributed by atoms with Crippen LogP contribution in [0, 0.1) is 0 Å². The molecule has 20 heteroatoms. The number of carbonyl (C=O) groups is 4. The molecule has 0 saturated heterocycles. The van der Waals surface area contributed by atoms with E-state index < -0.39 is 65.5 Å². The lowest BCUT2D eigenvalue weighted by Crippen LogP contribution is -2.31. The quantitative estimate of drug-likeness (QED) is 0.0931. The molecule has 0 fully saturated rings. The van der Waals surface area contributed by atoms with E-state index in [9.17, 15) is 45.1 Å². The van der Waals surface area contributed by atoms with Gasteiger partial charge in [0.2, 0.25) is 12.1 Å². The van der Waals surface area contributed by atoms with Crippen LogP contribution in [0.2, 0.25) is 10.0 Å². The number of hydrogen-bond acceptors (Lipinski definition) is 14. The zero-order valence-electron chi connectivity index (χ0n) is 26.7. The van der Waals surface area contributed by atoms with Crippen LogP contribution in [-0.2, 0) is 39.4 Å². The number of anilines is 2. The van der Waals surface area contributed by atoms with Gasteiger partial charge in [-0.05, 0) is 97.8 Å².